The number of nitrogens with zero attached hydrogens (tertiary/aromatic N) is 2. The van der Waals surface area contributed by atoms with Crippen molar-refractivity contribution in [2.45, 2.75) is 6.92 Å². The molecule has 0 aliphatic rings. The summed E-state index contributed by atoms with van der Waals surface area (Å²) in [6.45, 7) is 2.73. The number of ether oxygens (including phenoxy) is 1. The number of hydrogen-bond donors (Lipinski definition) is 2. The molecule has 0 aliphatic heterocycles. The molecular formula is C13H14BrClN4O. The quantitative estimate of drug-likeness (QED) is 0.844. The van der Waals surface area contributed by atoms with Crippen molar-refractivity contribution in [3.05, 3.63) is 34.0 Å². The molecule has 0 radical (unpaired) electrons. The standard InChI is InChI=1S/C13H14BrClN4O/c1-3-16-12-11(20-2)13(18-7-17-12)19-10-6-8(14)4-5-9(10)15/h4-7H,3H2,1-2H3,(H2,16,17,18,19). The Morgan fingerprint density at radius 1 is 1.30 bits per heavy atom. The fraction of sp³-hybridized carbons (Fsp3) is 0.231. The van der Waals surface area contributed by atoms with Crippen molar-refractivity contribution in [1.29, 1.82) is 0 Å². The monoisotopic (exact) mass is 356 g/mol. The highest BCUT2D eigenvalue weighted by Crippen LogP contribution is 2.34. The summed E-state index contributed by atoms with van der Waals surface area (Å²) in [6, 6.07) is 5.54. The molecule has 1 heterocycles. The van der Waals surface area contributed by atoms with Crippen molar-refractivity contribution in [3.63, 3.8) is 0 Å². The van der Waals surface area contributed by atoms with Crippen LogP contribution in [-0.2, 0) is 0 Å². The van der Waals surface area contributed by atoms with Crippen LogP contribution >= 0.6 is 27.5 Å². The summed E-state index contributed by atoms with van der Waals surface area (Å²) in [6.07, 6.45) is 1.47. The number of anilines is 3. The smallest absolute Gasteiger partial charge is 0.204 e. The molecule has 2 aromatic rings. The van der Waals surface area contributed by atoms with E-state index in [0.717, 1.165) is 16.7 Å². The van der Waals surface area contributed by atoms with Crippen LogP contribution in [0.15, 0.2) is 29.0 Å². The van der Waals surface area contributed by atoms with E-state index < -0.39 is 0 Å². The third-order valence-electron chi connectivity index (χ3n) is 2.53. The van der Waals surface area contributed by atoms with Gasteiger partial charge in [-0.3, -0.25) is 0 Å². The molecule has 0 unspecified atom stereocenters. The van der Waals surface area contributed by atoms with Crippen LogP contribution in [-0.4, -0.2) is 23.6 Å². The first kappa shape index (κ1) is 14.9. The van der Waals surface area contributed by atoms with Gasteiger partial charge in [0.05, 0.1) is 17.8 Å². The molecule has 2 N–H and O–H groups in total. The van der Waals surface area contributed by atoms with E-state index in [9.17, 15) is 0 Å². The third kappa shape index (κ3) is 3.32. The topological polar surface area (TPSA) is 59.1 Å². The Balaban J connectivity index is 2.37. The van der Waals surface area contributed by atoms with Gasteiger partial charge in [-0.25, -0.2) is 9.97 Å². The van der Waals surface area contributed by atoms with Crippen LogP contribution in [0.5, 0.6) is 5.75 Å². The molecule has 0 bridgehead atoms. The van der Waals surface area contributed by atoms with Gasteiger partial charge in [-0.15, -0.1) is 0 Å². The fourth-order valence-electron chi connectivity index (χ4n) is 1.67. The lowest BCUT2D eigenvalue weighted by Crippen LogP contribution is -2.06. The maximum atomic E-state index is 6.16. The number of methoxy groups -OCH3 is 1. The molecule has 0 saturated heterocycles. The van der Waals surface area contributed by atoms with Gasteiger partial charge in [0.25, 0.3) is 0 Å². The van der Waals surface area contributed by atoms with E-state index in [1.54, 1.807) is 13.2 Å². The summed E-state index contributed by atoms with van der Waals surface area (Å²) in [4.78, 5) is 8.35. The second kappa shape index (κ2) is 6.76. The van der Waals surface area contributed by atoms with Crippen molar-refractivity contribution < 1.29 is 4.74 Å². The summed E-state index contributed by atoms with van der Waals surface area (Å²) >= 11 is 9.57. The van der Waals surface area contributed by atoms with Gasteiger partial charge in [0.2, 0.25) is 5.75 Å². The zero-order chi connectivity index (χ0) is 14.5. The van der Waals surface area contributed by atoms with Crippen molar-refractivity contribution in [2.75, 3.05) is 24.3 Å². The number of benzene rings is 1. The number of aromatic nitrogens is 2. The van der Waals surface area contributed by atoms with Crippen LogP contribution in [0.4, 0.5) is 17.3 Å². The lowest BCUT2D eigenvalue weighted by Gasteiger charge is -2.14. The molecule has 1 aromatic carbocycles. The Kier molecular flexibility index (Phi) is 5.03. The Morgan fingerprint density at radius 3 is 2.75 bits per heavy atom. The van der Waals surface area contributed by atoms with Crippen molar-refractivity contribution in [1.82, 2.24) is 9.97 Å². The summed E-state index contributed by atoms with van der Waals surface area (Å²) in [7, 11) is 1.58. The van der Waals surface area contributed by atoms with Gasteiger partial charge >= 0.3 is 0 Å². The predicted molar refractivity (Wildman–Crippen MR) is 85.2 cm³/mol. The molecule has 1 aromatic heterocycles. The van der Waals surface area contributed by atoms with Gasteiger partial charge in [0, 0.05) is 11.0 Å². The van der Waals surface area contributed by atoms with Gasteiger partial charge in [-0.2, -0.15) is 0 Å². The molecule has 0 spiro atoms. The molecule has 2 rings (SSSR count). The van der Waals surface area contributed by atoms with E-state index in [2.05, 4.69) is 36.5 Å². The number of halogens is 2. The molecule has 0 atom stereocenters. The number of rotatable bonds is 5. The van der Waals surface area contributed by atoms with Gasteiger partial charge in [0.15, 0.2) is 11.6 Å². The number of nitrogens with one attached hydrogen (secondary N) is 2. The summed E-state index contributed by atoms with van der Waals surface area (Å²) < 4.78 is 6.29. The van der Waals surface area contributed by atoms with E-state index in [0.29, 0.717) is 22.4 Å². The Hall–Kier alpha value is -1.53. The van der Waals surface area contributed by atoms with Crippen LogP contribution in [0.3, 0.4) is 0 Å². The largest absolute Gasteiger partial charge is 0.490 e. The third-order valence-corrected chi connectivity index (χ3v) is 3.36. The molecule has 106 valence electrons. The van der Waals surface area contributed by atoms with Crippen LogP contribution < -0.4 is 15.4 Å². The lowest BCUT2D eigenvalue weighted by molar-refractivity contribution is 0.415. The zero-order valence-electron chi connectivity index (χ0n) is 11.1. The number of hydrogen-bond acceptors (Lipinski definition) is 5. The lowest BCUT2D eigenvalue weighted by atomic mass is 10.3. The average molecular weight is 358 g/mol. The van der Waals surface area contributed by atoms with Gasteiger partial charge in [-0.05, 0) is 25.1 Å². The van der Waals surface area contributed by atoms with E-state index in [-0.39, 0.29) is 0 Å². The molecular weight excluding hydrogens is 344 g/mol. The van der Waals surface area contributed by atoms with E-state index in [1.165, 1.54) is 6.33 Å². The SMILES string of the molecule is CCNc1ncnc(Nc2cc(Br)ccc2Cl)c1OC. The highest BCUT2D eigenvalue weighted by atomic mass is 79.9. The minimum atomic E-state index is 0.547. The Morgan fingerprint density at radius 2 is 2.05 bits per heavy atom. The first-order valence-electron chi connectivity index (χ1n) is 6.00. The second-order valence-corrected chi connectivity index (χ2v) is 5.21. The van der Waals surface area contributed by atoms with Gasteiger partial charge < -0.3 is 15.4 Å². The normalized spacial score (nSPS) is 10.2. The Bertz CT molecular complexity index is 609. The first-order chi connectivity index (χ1) is 9.65. The molecule has 20 heavy (non-hydrogen) atoms. The summed E-state index contributed by atoms with van der Waals surface area (Å²) in [5.41, 5.74) is 0.737. The van der Waals surface area contributed by atoms with Gasteiger partial charge in [-0.1, -0.05) is 27.5 Å². The molecule has 0 saturated carbocycles. The zero-order valence-corrected chi connectivity index (χ0v) is 13.4. The first-order valence-corrected chi connectivity index (χ1v) is 7.17. The fourth-order valence-corrected chi connectivity index (χ4v) is 2.20. The highest BCUT2D eigenvalue weighted by molar-refractivity contribution is 9.10. The van der Waals surface area contributed by atoms with Gasteiger partial charge in [0.1, 0.15) is 6.33 Å². The molecule has 0 aliphatic carbocycles. The van der Waals surface area contributed by atoms with Crippen LogP contribution in [0.25, 0.3) is 0 Å². The average Bonchev–Trinajstić information content (AvgIpc) is 2.43. The van der Waals surface area contributed by atoms with Crippen LogP contribution in [0, 0.1) is 0 Å². The van der Waals surface area contributed by atoms with Crippen LogP contribution in [0.2, 0.25) is 5.02 Å². The van der Waals surface area contributed by atoms with Crippen molar-refractivity contribution in [3.8, 4) is 5.75 Å². The maximum absolute atomic E-state index is 6.16. The molecule has 0 amide bonds. The minimum absolute atomic E-state index is 0.547. The Labute approximate surface area is 130 Å². The molecule has 7 heteroatoms. The van der Waals surface area contributed by atoms with E-state index >= 15 is 0 Å². The molecule has 0 fully saturated rings. The summed E-state index contributed by atoms with van der Waals surface area (Å²) in [5.74, 6) is 1.74. The second-order valence-electron chi connectivity index (χ2n) is 3.88. The van der Waals surface area contributed by atoms with Crippen molar-refractivity contribution in [2.24, 2.45) is 0 Å². The van der Waals surface area contributed by atoms with Crippen LogP contribution in [0.1, 0.15) is 6.92 Å². The van der Waals surface area contributed by atoms with E-state index in [1.807, 2.05) is 19.1 Å². The predicted octanol–water partition coefficient (Wildman–Crippen LogP) is 4.08. The molecule has 5 nitrogen and oxygen atoms in total. The van der Waals surface area contributed by atoms with Crippen molar-refractivity contribution >= 4 is 44.9 Å². The summed E-state index contributed by atoms with van der Waals surface area (Å²) in [5, 5.41) is 6.87. The highest BCUT2D eigenvalue weighted by Gasteiger charge is 2.13. The van der Waals surface area contributed by atoms with E-state index in [4.69, 9.17) is 16.3 Å². The maximum Gasteiger partial charge on any atom is 0.204 e. The minimum Gasteiger partial charge on any atom is -0.490 e.